The summed E-state index contributed by atoms with van der Waals surface area (Å²) in [6, 6.07) is 12.7. The van der Waals surface area contributed by atoms with Gasteiger partial charge in [0.25, 0.3) is 0 Å². The number of nitrogens with zero attached hydrogens (tertiary/aromatic N) is 6. The summed E-state index contributed by atoms with van der Waals surface area (Å²) in [6.07, 6.45) is 0. The Balaban J connectivity index is 1.54. The molecule has 1 aromatic carbocycles. The fourth-order valence-electron chi connectivity index (χ4n) is 4.72. The Hall–Kier alpha value is -3.30. The predicted octanol–water partition coefficient (Wildman–Crippen LogP) is 3.12. The van der Waals surface area contributed by atoms with E-state index in [2.05, 4.69) is 41.8 Å². The van der Waals surface area contributed by atoms with Gasteiger partial charge in [0.1, 0.15) is 5.82 Å². The maximum absolute atomic E-state index is 11.6. The number of hydrogen-bond donors (Lipinski definition) is 0. The van der Waals surface area contributed by atoms with E-state index in [0.29, 0.717) is 44.6 Å². The number of morpholine rings is 2. The highest BCUT2D eigenvalue weighted by Crippen LogP contribution is 2.31. The van der Waals surface area contributed by atoms with E-state index in [9.17, 15) is 4.79 Å². The SMILES string of the molecule is CC(=O)N(C)Cc1ccc(-c2ccc3c(N4CCOC[C@@H]4C)nc(N4CCOC[C@@H]4C)nc3n2)cc1. The van der Waals surface area contributed by atoms with Crippen molar-refractivity contribution in [2.45, 2.75) is 39.4 Å². The van der Waals surface area contributed by atoms with E-state index < -0.39 is 0 Å². The summed E-state index contributed by atoms with van der Waals surface area (Å²) in [4.78, 5) is 32.8. The molecule has 0 N–H and O–H groups in total. The van der Waals surface area contributed by atoms with E-state index in [-0.39, 0.29) is 18.0 Å². The Morgan fingerprint density at radius 2 is 1.61 bits per heavy atom. The predicted molar refractivity (Wildman–Crippen MR) is 140 cm³/mol. The molecule has 0 spiro atoms. The van der Waals surface area contributed by atoms with E-state index in [4.69, 9.17) is 24.4 Å². The average molecular weight is 491 g/mol. The summed E-state index contributed by atoms with van der Waals surface area (Å²) in [5, 5.41) is 0.942. The summed E-state index contributed by atoms with van der Waals surface area (Å²) in [6.45, 7) is 10.7. The molecule has 4 heterocycles. The summed E-state index contributed by atoms with van der Waals surface area (Å²) in [5.74, 6) is 1.65. The number of amides is 1. The minimum atomic E-state index is 0.0470. The van der Waals surface area contributed by atoms with Crippen molar-refractivity contribution in [3.63, 3.8) is 0 Å². The zero-order valence-electron chi connectivity index (χ0n) is 21.5. The summed E-state index contributed by atoms with van der Waals surface area (Å²) >= 11 is 0. The van der Waals surface area contributed by atoms with Gasteiger partial charge in [-0.15, -0.1) is 0 Å². The highest BCUT2D eigenvalue weighted by atomic mass is 16.5. The summed E-state index contributed by atoms with van der Waals surface area (Å²) in [5.41, 5.74) is 3.62. The van der Waals surface area contributed by atoms with E-state index in [1.165, 1.54) is 0 Å². The van der Waals surface area contributed by atoms with Crippen LogP contribution in [0, 0.1) is 0 Å². The van der Waals surface area contributed by atoms with Gasteiger partial charge in [-0.1, -0.05) is 24.3 Å². The average Bonchev–Trinajstić information content (AvgIpc) is 2.88. The molecule has 2 atom stereocenters. The third-order valence-corrected chi connectivity index (χ3v) is 7.00. The van der Waals surface area contributed by atoms with Gasteiger partial charge in [-0.05, 0) is 31.5 Å². The fraction of sp³-hybridized carbons (Fsp3) is 0.481. The maximum Gasteiger partial charge on any atom is 0.229 e. The summed E-state index contributed by atoms with van der Waals surface area (Å²) < 4.78 is 11.3. The van der Waals surface area contributed by atoms with Crippen molar-refractivity contribution >= 4 is 28.7 Å². The zero-order chi connectivity index (χ0) is 25.2. The minimum Gasteiger partial charge on any atom is -0.377 e. The lowest BCUT2D eigenvalue weighted by Crippen LogP contribution is -2.46. The van der Waals surface area contributed by atoms with Crippen LogP contribution in [-0.4, -0.2) is 84.4 Å². The number of hydrogen-bond acceptors (Lipinski definition) is 8. The van der Waals surface area contributed by atoms with Crippen molar-refractivity contribution in [1.82, 2.24) is 19.9 Å². The van der Waals surface area contributed by atoms with Crippen LogP contribution in [0.3, 0.4) is 0 Å². The molecule has 0 unspecified atom stereocenters. The molecule has 9 heteroatoms. The second-order valence-corrected chi connectivity index (χ2v) is 9.72. The van der Waals surface area contributed by atoms with E-state index in [1.54, 1.807) is 18.9 Å². The van der Waals surface area contributed by atoms with Crippen LogP contribution < -0.4 is 9.80 Å². The van der Waals surface area contributed by atoms with Crippen LogP contribution >= 0.6 is 0 Å². The molecule has 0 aliphatic carbocycles. The van der Waals surface area contributed by atoms with Gasteiger partial charge in [0.2, 0.25) is 11.9 Å². The van der Waals surface area contributed by atoms with Crippen LogP contribution in [0.5, 0.6) is 0 Å². The molecular formula is C27H34N6O3. The number of aromatic nitrogens is 3. The molecule has 190 valence electrons. The molecule has 36 heavy (non-hydrogen) atoms. The molecule has 2 fully saturated rings. The monoisotopic (exact) mass is 490 g/mol. The lowest BCUT2D eigenvalue weighted by molar-refractivity contribution is -0.128. The normalized spacial score (nSPS) is 20.6. The van der Waals surface area contributed by atoms with Crippen LogP contribution in [0.2, 0.25) is 0 Å². The van der Waals surface area contributed by atoms with Crippen LogP contribution in [0.4, 0.5) is 11.8 Å². The highest BCUT2D eigenvalue weighted by molar-refractivity contribution is 5.90. The Morgan fingerprint density at radius 1 is 0.944 bits per heavy atom. The number of ether oxygens (including phenoxy) is 2. The Labute approximate surface area is 212 Å². The standard InChI is InChI=1S/C27H34N6O3/c1-18-16-35-13-11-32(18)26-23-9-10-24(22-7-5-21(6-8-22)15-31(4)20(3)34)28-25(23)29-27(30-26)33-12-14-36-17-19(33)2/h5-10,18-19H,11-17H2,1-4H3/t18-,19-/m0/s1. The number of rotatable bonds is 5. The van der Waals surface area contributed by atoms with E-state index >= 15 is 0 Å². The van der Waals surface area contributed by atoms with Gasteiger partial charge < -0.3 is 24.2 Å². The Kier molecular flexibility index (Phi) is 7.02. The molecule has 0 bridgehead atoms. The van der Waals surface area contributed by atoms with Gasteiger partial charge in [-0.2, -0.15) is 9.97 Å². The molecule has 3 aromatic rings. The third-order valence-electron chi connectivity index (χ3n) is 7.00. The first-order valence-corrected chi connectivity index (χ1v) is 12.6. The van der Waals surface area contributed by atoms with E-state index in [0.717, 1.165) is 41.1 Å². The quantitative estimate of drug-likeness (QED) is 0.540. The van der Waals surface area contributed by atoms with Crippen molar-refractivity contribution in [2.75, 3.05) is 56.4 Å². The molecule has 2 aliphatic rings. The molecule has 5 rings (SSSR count). The Morgan fingerprint density at radius 3 is 2.25 bits per heavy atom. The molecule has 2 aromatic heterocycles. The highest BCUT2D eigenvalue weighted by Gasteiger charge is 2.27. The zero-order valence-corrected chi connectivity index (χ0v) is 21.5. The van der Waals surface area contributed by atoms with Crippen molar-refractivity contribution in [2.24, 2.45) is 0 Å². The number of pyridine rings is 1. The van der Waals surface area contributed by atoms with Crippen molar-refractivity contribution in [3.05, 3.63) is 42.0 Å². The lowest BCUT2D eigenvalue weighted by atomic mass is 10.1. The molecular weight excluding hydrogens is 456 g/mol. The number of anilines is 2. The first-order valence-electron chi connectivity index (χ1n) is 12.6. The van der Waals surface area contributed by atoms with Gasteiger partial charge in [0, 0.05) is 39.2 Å². The fourth-order valence-corrected chi connectivity index (χ4v) is 4.72. The lowest BCUT2D eigenvalue weighted by Gasteiger charge is -2.37. The molecule has 1 amide bonds. The molecule has 0 saturated carbocycles. The second kappa shape index (κ2) is 10.4. The topological polar surface area (TPSA) is 83.9 Å². The van der Waals surface area contributed by atoms with Crippen LogP contribution in [0.25, 0.3) is 22.3 Å². The largest absolute Gasteiger partial charge is 0.377 e. The van der Waals surface area contributed by atoms with Crippen molar-refractivity contribution < 1.29 is 14.3 Å². The molecule has 2 aliphatic heterocycles. The third kappa shape index (κ3) is 4.99. The summed E-state index contributed by atoms with van der Waals surface area (Å²) in [7, 11) is 1.81. The minimum absolute atomic E-state index is 0.0470. The molecule has 0 radical (unpaired) electrons. The molecule has 9 nitrogen and oxygen atoms in total. The second-order valence-electron chi connectivity index (χ2n) is 9.72. The van der Waals surface area contributed by atoms with Crippen molar-refractivity contribution in [3.8, 4) is 11.3 Å². The number of benzene rings is 1. The van der Waals surface area contributed by atoms with Gasteiger partial charge in [0.15, 0.2) is 5.65 Å². The van der Waals surface area contributed by atoms with Crippen LogP contribution in [0.1, 0.15) is 26.3 Å². The van der Waals surface area contributed by atoms with Crippen molar-refractivity contribution in [1.29, 1.82) is 0 Å². The first kappa shape index (κ1) is 24.4. The first-order chi connectivity index (χ1) is 17.4. The maximum atomic E-state index is 11.6. The van der Waals surface area contributed by atoms with Gasteiger partial charge >= 0.3 is 0 Å². The van der Waals surface area contributed by atoms with Gasteiger partial charge in [-0.3, -0.25) is 4.79 Å². The number of carbonyl (C=O) groups excluding carboxylic acids is 1. The van der Waals surface area contributed by atoms with Gasteiger partial charge in [0.05, 0.1) is 49.6 Å². The van der Waals surface area contributed by atoms with E-state index in [1.807, 2.05) is 18.2 Å². The number of fused-ring (bicyclic) bond motifs is 1. The molecule has 2 saturated heterocycles. The Bertz CT molecular complexity index is 1230. The van der Waals surface area contributed by atoms with Crippen LogP contribution in [0.15, 0.2) is 36.4 Å². The number of carbonyl (C=O) groups is 1. The smallest absolute Gasteiger partial charge is 0.229 e. The van der Waals surface area contributed by atoms with Gasteiger partial charge in [-0.25, -0.2) is 4.98 Å². The van der Waals surface area contributed by atoms with Crippen LogP contribution in [-0.2, 0) is 20.8 Å².